The number of rotatable bonds is 7. The Morgan fingerprint density at radius 2 is 0.970 bits per heavy atom. The minimum Gasteiger partial charge on any atom is -0.455 e. The van der Waals surface area contributed by atoms with Gasteiger partial charge < -0.3 is 13.9 Å². The highest BCUT2D eigenvalue weighted by Crippen LogP contribution is 2.51. The van der Waals surface area contributed by atoms with Gasteiger partial charge in [-0.3, -0.25) is 0 Å². The third kappa shape index (κ3) is 5.90. The summed E-state index contributed by atoms with van der Waals surface area (Å²) in [5.41, 5.74) is 20.7. The molecule has 0 N–H and O–H groups in total. The van der Waals surface area contributed by atoms with Crippen LogP contribution < -0.4 is 4.90 Å². The standard InChI is InChI=1S/C63H44N2O/c1-63(2)56-24-12-9-20-50(56)51-37-36-48(40-57(51)63)64(46-32-28-42(29-33-46)41-16-5-3-6-17-41)47-34-30-43(31-35-47)54-38-44(39-55-52-21-11-14-27-60(52)66-62(54)55)49-23-15-26-59-61(49)53-22-10-13-25-58(53)65(59)45-18-7-4-8-19-45/h3-40H,1-2H3. The van der Waals surface area contributed by atoms with Crippen LogP contribution in [0.1, 0.15) is 25.0 Å². The summed E-state index contributed by atoms with van der Waals surface area (Å²) >= 11 is 0. The Balaban J connectivity index is 0.976. The van der Waals surface area contributed by atoms with Gasteiger partial charge in [-0.05, 0) is 129 Å². The Morgan fingerprint density at radius 1 is 0.379 bits per heavy atom. The van der Waals surface area contributed by atoms with Gasteiger partial charge in [0.2, 0.25) is 0 Å². The van der Waals surface area contributed by atoms with Crippen LogP contribution in [0.3, 0.4) is 0 Å². The van der Waals surface area contributed by atoms with Crippen molar-refractivity contribution in [1.29, 1.82) is 0 Å². The first kappa shape index (κ1) is 38.1. The maximum Gasteiger partial charge on any atom is 0.143 e. The number of nitrogens with zero attached hydrogens (tertiary/aromatic N) is 2. The Hall–Kier alpha value is -8.40. The molecule has 0 spiro atoms. The zero-order chi connectivity index (χ0) is 43.9. The summed E-state index contributed by atoms with van der Waals surface area (Å²) in [4.78, 5) is 2.40. The molecule has 66 heavy (non-hydrogen) atoms. The summed E-state index contributed by atoms with van der Waals surface area (Å²) in [5, 5.41) is 4.68. The first-order valence-corrected chi connectivity index (χ1v) is 22.8. The summed E-state index contributed by atoms with van der Waals surface area (Å²) in [6.07, 6.45) is 0. The van der Waals surface area contributed by atoms with Gasteiger partial charge >= 0.3 is 0 Å². The van der Waals surface area contributed by atoms with Crippen LogP contribution >= 0.6 is 0 Å². The largest absolute Gasteiger partial charge is 0.455 e. The molecule has 0 fully saturated rings. The third-order valence-electron chi connectivity index (χ3n) is 14.0. The normalized spacial score (nSPS) is 12.8. The fourth-order valence-corrected chi connectivity index (χ4v) is 10.8. The summed E-state index contributed by atoms with van der Waals surface area (Å²) in [5.74, 6) is 0. The SMILES string of the molecule is CC1(C)c2ccccc2-c2ccc(N(c3ccc(-c4ccccc4)cc3)c3ccc(-c4cc(-c5cccc6c5c5ccccc5n6-c5ccccc5)cc5c4oc4ccccc45)cc3)cc21. The highest BCUT2D eigenvalue weighted by Gasteiger charge is 2.36. The topological polar surface area (TPSA) is 21.3 Å². The minimum atomic E-state index is -0.127. The molecule has 10 aromatic carbocycles. The van der Waals surface area contributed by atoms with E-state index in [1.54, 1.807) is 0 Å². The molecule has 3 nitrogen and oxygen atoms in total. The molecule has 1 aliphatic carbocycles. The van der Waals surface area contributed by atoms with Gasteiger partial charge in [0.05, 0.1) is 11.0 Å². The van der Waals surface area contributed by atoms with Crippen LogP contribution in [0.15, 0.2) is 235 Å². The molecule has 0 saturated carbocycles. The Morgan fingerprint density at radius 3 is 1.76 bits per heavy atom. The van der Waals surface area contributed by atoms with Crippen LogP contribution in [0, 0.1) is 0 Å². The highest BCUT2D eigenvalue weighted by atomic mass is 16.3. The Labute approximate surface area is 384 Å². The predicted octanol–water partition coefficient (Wildman–Crippen LogP) is 17.5. The van der Waals surface area contributed by atoms with Crippen LogP contribution in [0.2, 0.25) is 0 Å². The van der Waals surface area contributed by atoms with E-state index in [9.17, 15) is 0 Å². The molecule has 0 bridgehead atoms. The monoisotopic (exact) mass is 844 g/mol. The molecule has 0 atom stereocenters. The van der Waals surface area contributed by atoms with Crippen molar-refractivity contribution in [3.63, 3.8) is 0 Å². The van der Waals surface area contributed by atoms with E-state index < -0.39 is 0 Å². The quantitative estimate of drug-likeness (QED) is 0.159. The molecule has 13 rings (SSSR count). The number of furan rings is 1. The van der Waals surface area contributed by atoms with Gasteiger partial charge in [0.15, 0.2) is 0 Å². The van der Waals surface area contributed by atoms with E-state index >= 15 is 0 Å². The lowest BCUT2D eigenvalue weighted by Gasteiger charge is -2.28. The summed E-state index contributed by atoms with van der Waals surface area (Å²) in [7, 11) is 0. The van der Waals surface area contributed by atoms with Gasteiger partial charge in [-0.2, -0.15) is 0 Å². The van der Waals surface area contributed by atoms with Crippen molar-refractivity contribution >= 4 is 60.8 Å². The van der Waals surface area contributed by atoms with Crippen molar-refractivity contribution in [2.24, 2.45) is 0 Å². The highest BCUT2D eigenvalue weighted by molar-refractivity contribution is 6.18. The van der Waals surface area contributed by atoms with Crippen LogP contribution in [0.4, 0.5) is 17.1 Å². The van der Waals surface area contributed by atoms with Crippen molar-refractivity contribution in [3.8, 4) is 50.2 Å². The van der Waals surface area contributed by atoms with Crippen LogP contribution in [0.5, 0.6) is 0 Å². The van der Waals surface area contributed by atoms with Crippen molar-refractivity contribution < 1.29 is 4.42 Å². The van der Waals surface area contributed by atoms with E-state index in [4.69, 9.17) is 4.42 Å². The predicted molar refractivity (Wildman–Crippen MR) is 277 cm³/mol. The van der Waals surface area contributed by atoms with E-state index in [-0.39, 0.29) is 5.41 Å². The lowest BCUT2D eigenvalue weighted by Crippen LogP contribution is -2.16. The molecule has 0 radical (unpaired) electrons. The van der Waals surface area contributed by atoms with Gasteiger partial charge in [0.1, 0.15) is 11.2 Å². The Kier molecular flexibility index (Phi) is 8.56. The van der Waals surface area contributed by atoms with Crippen molar-refractivity contribution in [3.05, 3.63) is 242 Å². The molecule has 0 amide bonds. The van der Waals surface area contributed by atoms with Crippen LogP contribution in [-0.2, 0) is 5.41 Å². The maximum absolute atomic E-state index is 6.79. The number of aromatic nitrogens is 1. The van der Waals surface area contributed by atoms with Crippen molar-refractivity contribution in [1.82, 2.24) is 4.57 Å². The molecule has 0 aliphatic heterocycles. The molecule has 2 aromatic heterocycles. The summed E-state index contributed by atoms with van der Waals surface area (Å²) in [6.45, 7) is 4.70. The average molecular weight is 845 g/mol. The van der Waals surface area contributed by atoms with E-state index in [0.717, 1.165) is 61.4 Å². The van der Waals surface area contributed by atoms with Crippen molar-refractivity contribution in [2.45, 2.75) is 19.3 Å². The van der Waals surface area contributed by atoms with Crippen LogP contribution in [0.25, 0.3) is 93.9 Å². The summed E-state index contributed by atoms with van der Waals surface area (Å²) < 4.78 is 9.18. The summed E-state index contributed by atoms with van der Waals surface area (Å²) in [6, 6.07) is 83.8. The second kappa shape index (κ2) is 14.8. The van der Waals surface area contributed by atoms with E-state index in [2.05, 4.69) is 254 Å². The third-order valence-corrected chi connectivity index (χ3v) is 14.0. The van der Waals surface area contributed by atoms with Gasteiger partial charge in [-0.25, -0.2) is 0 Å². The van der Waals surface area contributed by atoms with Crippen molar-refractivity contribution in [2.75, 3.05) is 4.90 Å². The van der Waals surface area contributed by atoms with E-state index in [1.807, 2.05) is 0 Å². The number of fused-ring (bicyclic) bond motifs is 9. The zero-order valence-electron chi connectivity index (χ0n) is 36.7. The average Bonchev–Trinajstić information content (AvgIpc) is 4.00. The number of hydrogen-bond acceptors (Lipinski definition) is 2. The van der Waals surface area contributed by atoms with Crippen LogP contribution in [-0.4, -0.2) is 4.57 Å². The second-order valence-corrected chi connectivity index (χ2v) is 18.1. The molecule has 1 aliphatic rings. The molecule has 3 heteroatoms. The first-order chi connectivity index (χ1) is 32.5. The van der Waals surface area contributed by atoms with Gasteiger partial charge in [-0.15, -0.1) is 0 Å². The molecular weight excluding hydrogens is 801 g/mol. The number of benzene rings is 10. The molecule has 12 aromatic rings. The molecular formula is C63H44N2O. The lowest BCUT2D eigenvalue weighted by atomic mass is 9.82. The Bertz CT molecular complexity index is 3820. The second-order valence-electron chi connectivity index (χ2n) is 18.1. The van der Waals surface area contributed by atoms with E-state index in [0.29, 0.717) is 0 Å². The fourth-order valence-electron chi connectivity index (χ4n) is 10.8. The number of hydrogen-bond donors (Lipinski definition) is 0. The van der Waals surface area contributed by atoms with E-state index in [1.165, 1.54) is 60.8 Å². The maximum atomic E-state index is 6.79. The molecule has 2 heterocycles. The molecule has 312 valence electrons. The minimum absolute atomic E-state index is 0.127. The lowest BCUT2D eigenvalue weighted by molar-refractivity contribution is 0.660. The number of para-hydroxylation sites is 3. The fraction of sp³-hybridized carbons (Fsp3) is 0.0476. The zero-order valence-corrected chi connectivity index (χ0v) is 36.7. The van der Waals surface area contributed by atoms with Gasteiger partial charge in [0.25, 0.3) is 0 Å². The van der Waals surface area contributed by atoms with Gasteiger partial charge in [0, 0.05) is 55.3 Å². The number of anilines is 3. The molecule has 0 unspecified atom stereocenters. The smallest absolute Gasteiger partial charge is 0.143 e. The molecule has 0 saturated heterocycles. The van der Waals surface area contributed by atoms with Gasteiger partial charge in [-0.1, -0.05) is 166 Å². The first-order valence-electron chi connectivity index (χ1n) is 22.8.